The molecule has 26 heteroatoms. The molecule has 9 amide bonds. The Hall–Kier alpha value is -8.52. The second-order valence-corrected chi connectivity index (χ2v) is 24.0. The van der Waals surface area contributed by atoms with Crippen molar-refractivity contribution in [3.05, 3.63) is 108 Å². The number of aliphatic imine (C=N–C) groups is 1. The van der Waals surface area contributed by atoms with E-state index >= 15 is 9.59 Å². The fraction of sp³-hybridized carbons (Fsp3) is 0.508. The number of likely N-dealkylation sites (tertiary alicyclic amines) is 2. The summed E-state index contributed by atoms with van der Waals surface area (Å²) < 4.78 is 0. The van der Waals surface area contributed by atoms with Gasteiger partial charge in [0.2, 0.25) is 53.2 Å². The minimum atomic E-state index is -1.32. The lowest BCUT2D eigenvalue weighted by molar-refractivity contribution is -0.148. The van der Waals surface area contributed by atoms with E-state index in [1.165, 1.54) is 28.5 Å². The lowest BCUT2D eigenvalue weighted by Gasteiger charge is -2.34. The number of hydrogen-bond acceptors (Lipinski definition) is 13. The van der Waals surface area contributed by atoms with Crippen LogP contribution in [-0.2, 0) is 67.2 Å². The van der Waals surface area contributed by atoms with Gasteiger partial charge in [0.15, 0.2) is 5.96 Å². The number of H-pyrrole nitrogens is 1. The molecular formula is C63H88N14O11S. The zero-order valence-electron chi connectivity index (χ0n) is 51.2. The number of aliphatic carboxylic acids is 1. The third-order valence-corrected chi connectivity index (χ3v) is 16.5. The summed E-state index contributed by atoms with van der Waals surface area (Å²) in [5, 5.41) is 30.3. The van der Waals surface area contributed by atoms with Gasteiger partial charge in [-0.05, 0) is 111 Å². The molecule has 0 aliphatic carbocycles. The van der Waals surface area contributed by atoms with Crippen molar-refractivity contribution in [1.82, 2.24) is 52.0 Å². The molecule has 3 aromatic carbocycles. The van der Waals surface area contributed by atoms with Crippen LogP contribution < -0.4 is 54.4 Å². The van der Waals surface area contributed by atoms with Gasteiger partial charge in [-0.15, -0.1) is 0 Å². The summed E-state index contributed by atoms with van der Waals surface area (Å²) in [5.41, 5.74) is 19.6. The van der Waals surface area contributed by atoms with Gasteiger partial charge in [-0.25, -0.2) is 4.79 Å². The summed E-state index contributed by atoms with van der Waals surface area (Å²) >= 11 is 1.42. The number of rotatable bonds is 34. The van der Waals surface area contributed by atoms with E-state index in [-0.39, 0.29) is 77.0 Å². The van der Waals surface area contributed by atoms with E-state index in [2.05, 4.69) is 47.2 Å². The van der Waals surface area contributed by atoms with Crippen molar-refractivity contribution in [1.29, 1.82) is 0 Å². The van der Waals surface area contributed by atoms with Crippen LogP contribution >= 0.6 is 11.8 Å². The summed E-state index contributed by atoms with van der Waals surface area (Å²) in [6.45, 7) is 5.42. The van der Waals surface area contributed by atoms with Gasteiger partial charge in [0.1, 0.15) is 54.4 Å². The first kappa shape index (κ1) is 69.6. The fourth-order valence-corrected chi connectivity index (χ4v) is 11.7. The number of amides is 9. The molecule has 15 N–H and O–H groups in total. The number of carboxylic acids is 1. The van der Waals surface area contributed by atoms with E-state index in [0.29, 0.717) is 61.1 Å². The van der Waals surface area contributed by atoms with Crippen LogP contribution in [0.15, 0.2) is 96.1 Å². The second-order valence-electron chi connectivity index (χ2n) is 23.0. The first-order valence-corrected chi connectivity index (χ1v) is 31.9. The van der Waals surface area contributed by atoms with Crippen LogP contribution in [0.1, 0.15) is 102 Å². The Kier molecular flexibility index (Phi) is 27.3. The molecule has 2 saturated heterocycles. The summed E-state index contributed by atoms with van der Waals surface area (Å²) in [5.74, 6) is -7.06. The number of nitrogens with one attached hydrogen (secondary N) is 8. The van der Waals surface area contributed by atoms with Crippen LogP contribution in [0.25, 0.3) is 10.9 Å². The number of carbonyl (C=O) groups excluding carboxylic acids is 9. The van der Waals surface area contributed by atoms with Crippen LogP contribution in [0.2, 0.25) is 0 Å². The Morgan fingerprint density at radius 1 is 0.618 bits per heavy atom. The predicted molar refractivity (Wildman–Crippen MR) is 339 cm³/mol. The SMILES string of the molecule is CSCC[C@H](NC(=O)[C@H](CCCCN)NC(=O)[C@H](CCCN=C(N)N)NC(C)=O)C(=O)N[C@@H](Cc1ccccc1)C(=O)N[C@@H](Cc1ccccc1)C(=O)N1CCC[C@H]1C(=O)N1CCC[C@H]1C(=O)N[C@@H](Cc1c[nH]c2ccccc12)C(=O)N[C@H](C(=O)O)C(C)C. The van der Waals surface area contributed by atoms with Gasteiger partial charge in [-0.2, -0.15) is 11.8 Å². The Morgan fingerprint density at radius 2 is 1.13 bits per heavy atom. The largest absolute Gasteiger partial charge is 0.480 e. The highest BCUT2D eigenvalue weighted by molar-refractivity contribution is 7.98. The van der Waals surface area contributed by atoms with Crippen LogP contribution in [0, 0.1) is 5.92 Å². The lowest BCUT2D eigenvalue weighted by atomic mass is 10.0. The number of fused-ring (bicyclic) bond motifs is 1. The van der Waals surface area contributed by atoms with Gasteiger partial charge in [0.25, 0.3) is 0 Å². The Bertz CT molecular complexity index is 3090. The summed E-state index contributed by atoms with van der Waals surface area (Å²) in [6, 6.07) is 14.8. The second kappa shape index (κ2) is 34.9. The number of aromatic amines is 1. The monoisotopic (exact) mass is 1250 g/mol. The molecule has 3 heterocycles. The maximum atomic E-state index is 15.2. The van der Waals surface area contributed by atoms with E-state index in [9.17, 15) is 43.5 Å². The molecule has 4 aromatic rings. The number of guanidine groups is 1. The molecule has 0 unspecified atom stereocenters. The van der Waals surface area contributed by atoms with E-state index in [4.69, 9.17) is 17.2 Å². The highest BCUT2D eigenvalue weighted by Crippen LogP contribution is 2.27. The normalized spacial score (nSPS) is 17.0. The van der Waals surface area contributed by atoms with E-state index in [1.807, 2.05) is 36.6 Å². The number of para-hydroxylation sites is 1. The summed E-state index contributed by atoms with van der Waals surface area (Å²) in [7, 11) is 0. The molecule has 0 saturated carbocycles. The smallest absolute Gasteiger partial charge is 0.326 e. The third-order valence-electron chi connectivity index (χ3n) is 15.9. The third kappa shape index (κ3) is 20.8. The van der Waals surface area contributed by atoms with Gasteiger partial charge in [0.05, 0.1) is 0 Å². The Labute approximate surface area is 523 Å². The lowest BCUT2D eigenvalue weighted by Crippen LogP contribution is -2.61. The number of hydrogen-bond donors (Lipinski definition) is 12. The van der Waals surface area contributed by atoms with Crippen molar-refractivity contribution < 1.29 is 53.1 Å². The van der Waals surface area contributed by atoms with Gasteiger partial charge in [0, 0.05) is 62.9 Å². The van der Waals surface area contributed by atoms with Crippen molar-refractivity contribution in [3.8, 4) is 0 Å². The molecule has 2 fully saturated rings. The van der Waals surface area contributed by atoms with Crippen molar-refractivity contribution in [2.24, 2.45) is 28.1 Å². The molecule has 2 aliphatic heterocycles. The number of thioether (sulfide) groups is 1. The van der Waals surface area contributed by atoms with Crippen molar-refractivity contribution in [2.75, 3.05) is 38.2 Å². The quantitative estimate of drug-likeness (QED) is 0.0178. The molecule has 0 radical (unpaired) electrons. The molecular weight excluding hydrogens is 1160 g/mol. The number of nitrogens with two attached hydrogens (primary N) is 3. The zero-order valence-corrected chi connectivity index (χ0v) is 52.0. The molecule has 89 heavy (non-hydrogen) atoms. The fourth-order valence-electron chi connectivity index (χ4n) is 11.2. The highest BCUT2D eigenvalue weighted by atomic mass is 32.2. The number of carbonyl (C=O) groups is 10. The molecule has 2 aliphatic rings. The van der Waals surface area contributed by atoms with Gasteiger partial charge in [-0.3, -0.25) is 48.1 Å². The van der Waals surface area contributed by atoms with Crippen LogP contribution in [0.5, 0.6) is 0 Å². The Morgan fingerprint density at radius 3 is 1.73 bits per heavy atom. The standard InChI is InChI=1S/C63H88N14O11S/c1-38(2)53(62(87)88)75-58(83)49(36-42-37-68-44-23-12-11-22-43(42)44)73-59(84)51-26-16-31-76(51)61(86)52-27-17-32-77(52)60(85)50(35-41-20-9-6-10-21-41)74-57(82)48(34-40-18-7-5-8-19-40)72-56(81)47(28-33-89-4)71-55(80)46(24-13-14-29-64)70-54(79)45(69-39(3)78)25-15-30-67-63(65)66/h5-12,18-23,37-38,45-53,68H,13-17,24-36,64H2,1-4H3,(H,69,78)(H,70,79)(H,71,80)(H,72,81)(H,73,84)(H,74,82)(H,75,83)(H,87,88)(H4,65,66,67)/t45-,46-,47-,48-,49-,50-,51-,52-,53-/m0/s1. The van der Waals surface area contributed by atoms with Gasteiger partial charge in [-0.1, -0.05) is 92.7 Å². The average molecular weight is 1250 g/mol. The van der Waals surface area contributed by atoms with E-state index in [0.717, 1.165) is 10.9 Å². The minimum Gasteiger partial charge on any atom is -0.480 e. The van der Waals surface area contributed by atoms with Crippen LogP contribution in [0.3, 0.4) is 0 Å². The number of benzene rings is 3. The molecule has 1 aromatic heterocycles. The molecule has 0 bridgehead atoms. The molecule has 0 spiro atoms. The first-order valence-electron chi connectivity index (χ1n) is 30.5. The summed E-state index contributed by atoms with van der Waals surface area (Å²) in [4.78, 5) is 151. The Balaban J connectivity index is 1.22. The predicted octanol–water partition coefficient (Wildman–Crippen LogP) is 1.27. The number of carboxylic acid groups (broad SMARTS) is 1. The van der Waals surface area contributed by atoms with E-state index in [1.54, 1.807) is 74.6 Å². The molecule has 25 nitrogen and oxygen atoms in total. The molecule has 482 valence electrons. The van der Waals surface area contributed by atoms with Crippen molar-refractivity contribution in [3.63, 3.8) is 0 Å². The topological polar surface area (TPSA) is 388 Å². The average Bonchev–Trinajstić information content (AvgIpc) is 2.06. The van der Waals surface area contributed by atoms with E-state index < -0.39 is 119 Å². The zero-order chi connectivity index (χ0) is 64.6. The maximum absolute atomic E-state index is 15.2. The molecule has 6 rings (SSSR count). The van der Waals surface area contributed by atoms with Crippen molar-refractivity contribution in [2.45, 2.75) is 159 Å². The number of unbranched alkanes of at least 4 members (excludes halogenated alkanes) is 1. The van der Waals surface area contributed by atoms with Gasteiger partial charge >= 0.3 is 5.97 Å². The van der Waals surface area contributed by atoms with Crippen LogP contribution in [-0.4, -0.2) is 178 Å². The molecule has 9 atom stereocenters. The maximum Gasteiger partial charge on any atom is 0.326 e. The first-order chi connectivity index (χ1) is 42.7. The van der Waals surface area contributed by atoms with Crippen molar-refractivity contribution >= 4 is 87.8 Å². The van der Waals surface area contributed by atoms with Crippen LogP contribution in [0.4, 0.5) is 0 Å². The number of aromatic nitrogens is 1. The minimum absolute atomic E-state index is 0.00348. The number of nitrogens with zero attached hydrogens (tertiary/aromatic N) is 3. The highest BCUT2D eigenvalue weighted by Gasteiger charge is 2.45. The summed E-state index contributed by atoms with van der Waals surface area (Å²) in [6.07, 6.45) is 6.59. The van der Waals surface area contributed by atoms with Gasteiger partial charge < -0.3 is 74.3 Å².